The minimum absolute atomic E-state index is 0.0273. The van der Waals surface area contributed by atoms with Gasteiger partial charge >= 0.3 is 0 Å². The molecule has 0 bridgehead atoms. The lowest BCUT2D eigenvalue weighted by molar-refractivity contribution is 0.0933. The minimum Gasteiger partial charge on any atom is -0.352 e. The van der Waals surface area contributed by atoms with Crippen LogP contribution in [0, 0.1) is 11.6 Å². The molecule has 0 fully saturated rings. The Labute approximate surface area is 138 Å². The number of halogens is 2. The molecular weight excluding hydrogens is 314 g/mol. The summed E-state index contributed by atoms with van der Waals surface area (Å²) in [4.78, 5) is 23.8. The third-order valence-corrected chi connectivity index (χ3v) is 3.48. The first-order chi connectivity index (χ1) is 11.5. The first-order valence-corrected chi connectivity index (χ1v) is 7.57. The van der Waals surface area contributed by atoms with Crippen molar-refractivity contribution >= 4 is 11.8 Å². The van der Waals surface area contributed by atoms with Gasteiger partial charge in [0.2, 0.25) is 0 Å². The van der Waals surface area contributed by atoms with Gasteiger partial charge in [-0.05, 0) is 37.6 Å². The summed E-state index contributed by atoms with van der Waals surface area (Å²) < 4.78 is 27.0. The highest BCUT2D eigenvalue weighted by molar-refractivity contribution is 5.95. The molecule has 0 heterocycles. The zero-order valence-corrected chi connectivity index (χ0v) is 13.2. The zero-order chi connectivity index (χ0) is 17.5. The molecule has 24 heavy (non-hydrogen) atoms. The van der Waals surface area contributed by atoms with E-state index < -0.39 is 23.4 Å². The number of nitrogens with one attached hydrogen (secondary N) is 2. The summed E-state index contributed by atoms with van der Waals surface area (Å²) in [6.07, 6.45) is 0.431. The first kappa shape index (κ1) is 17.6. The number of amides is 2. The Bertz CT molecular complexity index is 734. The second-order valence-corrected chi connectivity index (χ2v) is 5.38. The molecule has 2 aromatic rings. The van der Waals surface area contributed by atoms with Crippen molar-refractivity contribution in [3.8, 4) is 0 Å². The Kier molecular flexibility index (Phi) is 6.01. The van der Waals surface area contributed by atoms with E-state index >= 15 is 0 Å². The van der Waals surface area contributed by atoms with Gasteiger partial charge in [0.25, 0.3) is 11.8 Å². The zero-order valence-electron chi connectivity index (χ0n) is 13.2. The Balaban J connectivity index is 1.80. The van der Waals surface area contributed by atoms with Crippen LogP contribution in [-0.2, 0) is 0 Å². The summed E-state index contributed by atoms with van der Waals surface area (Å²) in [5.74, 6) is -2.20. The molecule has 2 rings (SSSR count). The average Bonchev–Trinajstić information content (AvgIpc) is 2.55. The fraction of sp³-hybridized carbons (Fsp3) is 0.222. The molecule has 0 spiro atoms. The molecule has 6 heteroatoms. The second-order valence-electron chi connectivity index (χ2n) is 5.38. The van der Waals surface area contributed by atoms with Gasteiger partial charge in [-0.3, -0.25) is 9.59 Å². The number of carbonyl (C=O) groups excluding carboxylic acids is 2. The van der Waals surface area contributed by atoms with Crippen LogP contribution >= 0.6 is 0 Å². The van der Waals surface area contributed by atoms with E-state index in [1.165, 1.54) is 36.4 Å². The molecular formula is C18H18F2N2O2. The predicted octanol–water partition coefficient (Wildman–Crippen LogP) is 2.90. The van der Waals surface area contributed by atoms with E-state index in [0.717, 1.165) is 0 Å². The van der Waals surface area contributed by atoms with Gasteiger partial charge in [-0.25, -0.2) is 8.78 Å². The lowest BCUT2D eigenvalue weighted by Gasteiger charge is -2.14. The lowest BCUT2D eigenvalue weighted by atomic mass is 10.1. The summed E-state index contributed by atoms with van der Waals surface area (Å²) in [6.45, 7) is 2.00. The summed E-state index contributed by atoms with van der Waals surface area (Å²) in [7, 11) is 0. The van der Waals surface area contributed by atoms with Crippen molar-refractivity contribution in [1.29, 1.82) is 0 Å². The highest BCUT2D eigenvalue weighted by Crippen LogP contribution is 2.07. The van der Waals surface area contributed by atoms with Crippen molar-refractivity contribution in [3.63, 3.8) is 0 Å². The Morgan fingerprint density at radius 2 is 1.42 bits per heavy atom. The Morgan fingerprint density at radius 1 is 0.917 bits per heavy atom. The largest absolute Gasteiger partial charge is 0.352 e. The van der Waals surface area contributed by atoms with Crippen molar-refractivity contribution in [1.82, 2.24) is 10.6 Å². The minimum atomic E-state index is -0.588. The van der Waals surface area contributed by atoms with Gasteiger partial charge in [0.15, 0.2) is 0 Å². The molecule has 1 atom stereocenters. The van der Waals surface area contributed by atoms with Crippen LogP contribution in [0.5, 0.6) is 0 Å². The molecule has 0 radical (unpaired) electrons. The van der Waals surface area contributed by atoms with Crippen molar-refractivity contribution in [2.75, 3.05) is 6.54 Å². The van der Waals surface area contributed by atoms with E-state index in [1.807, 2.05) is 0 Å². The smallest absolute Gasteiger partial charge is 0.254 e. The molecule has 0 aliphatic heterocycles. The third-order valence-electron chi connectivity index (χ3n) is 3.48. The van der Waals surface area contributed by atoms with Gasteiger partial charge in [0, 0.05) is 12.6 Å². The van der Waals surface area contributed by atoms with Crippen LogP contribution in [0.2, 0.25) is 0 Å². The molecule has 0 unspecified atom stereocenters. The van der Waals surface area contributed by atoms with Crippen LogP contribution in [0.1, 0.15) is 34.1 Å². The number of hydrogen-bond acceptors (Lipinski definition) is 2. The van der Waals surface area contributed by atoms with E-state index in [-0.39, 0.29) is 23.7 Å². The highest BCUT2D eigenvalue weighted by atomic mass is 19.1. The monoisotopic (exact) mass is 332 g/mol. The summed E-state index contributed by atoms with van der Waals surface area (Å²) in [5.41, 5.74) is -0.0553. The number of hydrogen-bond donors (Lipinski definition) is 2. The second kappa shape index (κ2) is 8.19. The average molecular weight is 332 g/mol. The van der Waals surface area contributed by atoms with E-state index in [1.54, 1.807) is 19.1 Å². The van der Waals surface area contributed by atoms with Gasteiger partial charge in [0.05, 0.1) is 11.1 Å². The van der Waals surface area contributed by atoms with Crippen molar-refractivity contribution < 1.29 is 18.4 Å². The third kappa shape index (κ3) is 4.62. The van der Waals surface area contributed by atoms with Crippen molar-refractivity contribution in [2.45, 2.75) is 19.4 Å². The SMILES string of the molecule is C[C@@H](CCNC(=O)c1ccccc1F)NC(=O)c1ccccc1F. The molecule has 2 aromatic carbocycles. The first-order valence-electron chi connectivity index (χ1n) is 7.57. The van der Waals surface area contributed by atoms with Gasteiger partial charge in [-0.1, -0.05) is 24.3 Å². The maximum Gasteiger partial charge on any atom is 0.254 e. The van der Waals surface area contributed by atoms with Crippen LogP contribution in [0.3, 0.4) is 0 Å². The topological polar surface area (TPSA) is 58.2 Å². The van der Waals surface area contributed by atoms with Crippen LogP contribution in [0.25, 0.3) is 0 Å². The molecule has 2 amide bonds. The van der Waals surface area contributed by atoms with Crippen LogP contribution in [0.15, 0.2) is 48.5 Å². The fourth-order valence-electron chi connectivity index (χ4n) is 2.16. The van der Waals surface area contributed by atoms with Crippen LogP contribution < -0.4 is 10.6 Å². The summed E-state index contributed by atoms with van der Waals surface area (Å²) in [6, 6.07) is 11.1. The normalized spacial score (nSPS) is 11.6. The molecule has 0 aliphatic carbocycles. The maximum atomic E-state index is 13.5. The number of rotatable bonds is 6. The van der Waals surface area contributed by atoms with Crippen molar-refractivity contribution in [3.05, 3.63) is 71.3 Å². The Hall–Kier alpha value is -2.76. The quantitative estimate of drug-likeness (QED) is 0.854. The summed E-state index contributed by atoms with van der Waals surface area (Å²) >= 11 is 0. The predicted molar refractivity (Wildman–Crippen MR) is 86.7 cm³/mol. The standard InChI is InChI=1S/C18H18F2N2O2/c1-12(22-18(24)14-7-3-5-9-16(14)20)10-11-21-17(23)13-6-2-4-8-15(13)19/h2-9,12H,10-11H2,1H3,(H,21,23)(H,22,24)/t12-/m0/s1. The van der Waals surface area contributed by atoms with Gasteiger partial charge in [0.1, 0.15) is 11.6 Å². The summed E-state index contributed by atoms with van der Waals surface area (Å²) in [5, 5.41) is 5.25. The van der Waals surface area contributed by atoms with E-state index in [9.17, 15) is 18.4 Å². The van der Waals surface area contributed by atoms with Crippen LogP contribution in [0.4, 0.5) is 8.78 Å². The van der Waals surface area contributed by atoms with Gasteiger partial charge in [-0.2, -0.15) is 0 Å². The maximum absolute atomic E-state index is 13.5. The van der Waals surface area contributed by atoms with E-state index in [0.29, 0.717) is 6.42 Å². The molecule has 0 aromatic heterocycles. The molecule has 4 nitrogen and oxygen atoms in total. The molecule has 0 aliphatic rings. The Morgan fingerprint density at radius 3 is 1.96 bits per heavy atom. The van der Waals surface area contributed by atoms with Crippen LogP contribution in [-0.4, -0.2) is 24.4 Å². The molecule has 126 valence electrons. The number of carbonyl (C=O) groups is 2. The molecule has 0 saturated heterocycles. The molecule has 0 saturated carbocycles. The lowest BCUT2D eigenvalue weighted by Crippen LogP contribution is -2.36. The number of benzene rings is 2. The van der Waals surface area contributed by atoms with E-state index in [4.69, 9.17) is 0 Å². The van der Waals surface area contributed by atoms with Crippen molar-refractivity contribution in [2.24, 2.45) is 0 Å². The molecule has 2 N–H and O–H groups in total. The fourth-order valence-corrected chi connectivity index (χ4v) is 2.16. The highest BCUT2D eigenvalue weighted by Gasteiger charge is 2.14. The van der Waals surface area contributed by atoms with E-state index in [2.05, 4.69) is 10.6 Å². The van der Waals surface area contributed by atoms with Gasteiger partial charge < -0.3 is 10.6 Å². The van der Waals surface area contributed by atoms with Gasteiger partial charge in [-0.15, -0.1) is 0 Å².